The second kappa shape index (κ2) is 13.7. The van der Waals surface area contributed by atoms with Gasteiger partial charge in [-0.3, -0.25) is 0 Å². The molecule has 0 aliphatic heterocycles. The molecule has 204 valence electrons. The average Bonchev–Trinajstić information content (AvgIpc) is 3.25. The first kappa shape index (κ1) is 28.7. The third-order valence-corrected chi connectivity index (χ3v) is 7.59. The number of allylic oxidation sites excluding steroid dienone is 11. The van der Waals surface area contributed by atoms with Gasteiger partial charge in [0.1, 0.15) is 0 Å². The second-order valence-corrected chi connectivity index (χ2v) is 10.6. The molecule has 0 amide bonds. The lowest BCUT2D eigenvalue weighted by Gasteiger charge is -2.15. The molecule has 1 heteroatoms. The Morgan fingerprint density at radius 3 is 2.45 bits per heavy atom. The molecule has 1 atom stereocenters. The molecule has 0 bridgehead atoms. The Hall–Kier alpha value is -4.32. The van der Waals surface area contributed by atoms with Crippen LogP contribution >= 0.6 is 0 Å². The Bertz CT molecular complexity index is 1540. The summed E-state index contributed by atoms with van der Waals surface area (Å²) in [4.78, 5) is 0. The van der Waals surface area contributed by atoms with Gasteiger partial charge in [-0.25, -0.2) is 0 Å². The van der Waals surface area contributed by atoms with Crippen LogP contribution in [0.5, 0.6) is 0 Å². The predicted molar refractivity (Wildman–Crippen MR) is 176 cm³/mol. The number of benzene rings is 2. The van der Waals surface area contributed by atoms with Crippen LogP contribution in [0.15, 0.2) is 145 Å². The van der Waals surface area contributed by atoms with E-state index in [1.54, 1.807) is 0 Å². The number of rotatable bonds is 4. The van der Waals surface area contributed by atoms with Crippen LogP contribution in [0.2, 0.25) is 0 Å². The van der Waals surface area contributed by atoms with Crippen LogP contribution in [0.1, 0.15) is 49.6 Å². The van der Waals surface area contributed by atoms with E-state index in [1.807, 2.05) is 12.1 Å². The van der Waals surface area contributed by atoms with Gasteiger partial charge in [0.25, 0.3) is 0 Å². The Balaban J connectivity index is 0.000000220. The molecular weight excluding hydrogens is 482 g/mol. The summed E-state index contributed by atoms with van der Waals surface area (Å²) in [7, 11) is 0. The number of hydrogen-bond acceptors (Lipinski definition) is 0. The van der Waals surface area contributed by atoms with Crippen molar-refractivity contribution < 1.29 is 1.43 Å². The van der Waals surface area contributed by atoms with Gasteiger partial charge >= 0.3 is 0 Å². The van der Waals surface area contributed by atoms with E-state index in [9.17, 15) is 0 Å². The SMILES string of the molecule is C/C1=C/Cc2ccn(-c3c(C)cccc3C)c2C=CC1.C=C=C1C(Cc2ccccc2)=CC=CC(C)/C1=C/C=C.[HH]. The molecule has 0 spiro atoms. The first-order chi connectivity index (χ1) is 19.4. The maximum atomic E-state index is 3.88. The molecule has 0 saturated carbocycles. The third-order valence-electron chi connectivity index (χ3n) is 7.59. The normalized spacial score (nSPS) is 18.6. The topological polar surface area (TPSA) is 4.93 Å². The van der Waals surface area contributed by atoms with Gasteiger partial charge in [-0.2, -0.15) is 0 Å². The molecule has 2 aromatic carbocycles. The molecule has 5 rings (SSSR count). The quantitative estimate of drug-likeness (QED) is 0.236. The molecule has 1 aromatic heterocycles. The fourth-order valence-electron chi connectivity index (χ4n) is 5.43. The number of fused-ring (bicyclic) bond motifs is 1. The fourth-order valence-corrected chi connectivity index (χ4v) is 5.43. The summed E-state index contributed by atoms with van der Waals surface area (Å²) in [5.41, 5.74) is 16.2. The molecule has 3 aromatic rings. The van der Waals surface area contributed by atoms with E-state index < -0.39 is 0 Å². The predicted octanol–water partition coefficient (Wildman–Crippen LogP) is 10.4. The standard InChI is InChI=1S/C20H20.C19H21N.H2/c1-4-10-20-16(3)11-9-14-18(19(20)5-2)15-17-12-7-6-8-13-17;1-14-6-4-9-18-17(11-10-14)12-13-20(18)19-15(2)7-5-8-16(19)3;/h4,6-14,16H,1-2,15H2,3H3;4-5,7-10,12-13H,6,11H2,1-3H3;1H/b20-10-;9-4?,14-10-;. The molecule has 0 N–H and O–H groups in total. The monoisotopic (exact) mass is 525 g/mol. The molecule has 1 heterocycles. The van der Waals surface area contributed by atoms with Crippen molar-refractivity contribution >= 4 is 6.08 Å². The number of aryl methyl sites for hydroxylation is 2. The molecule has 2 aliphatic rings. The van der Waals surface area contributed by atoms with Crippen LogP contribution in [0.25, 0.3) is 11.8 Å². The highest BCUT2D eigenvalue weighted by Gasteiger charge is 2.17. The summed E-state index contributed by atoms with van der Waals surface area (Å²) in [6, 6.07) is 19.2. The largest absolute Gasteiger partial charge is 0.316 e. The molecule has 2 aliphatic carbocycles. The van der Waals surface area contributed by atoms with Crippen LogP contribution < -0.4 is 0 Å². The highest BCUT2D eigenvalue weighted by atomic mass is 15.0. The van der Waals surface area contributed by atoms with E-state index >= 15 is 0 Å². The highest BCUT2D eigenvalue weighted by Crippen LogP contribution is 2.31. The Labute approximate surface area is 242 Å². The second-order valence-electron chi connectivity index (χ2n) is 10.6. The Morgan fingerprint density at radius 1 is 1.00 bits per heavy atom. The van der Waals surface area contributed by atoms with Gasteiger partial charge in [0, 0.05) is 24.8 Å². The van der Waals surface area contributed by atoms with Crippen molar-refractivity contribution in [2.75, 3.05) is 0 Å². The molecule has 1 nitrogen and oxygen atoms in total. The first-order valence-electron chi connectivity index (χ1n) is 14.2. The van der Waals surface area contributed by atoms with E-state index in [2.05, 4.69) is 148 Å². The number of hydrogen-bond donors (Lipinski definition) is 0. The van der Waals surface area contributed by atoms with E-state index in [1.165, 1.54) is 50.4 Å². The molecule has 1 unspecified atom stereocenters. The lowest BCUT2D eigenvalue weighted by atomic mass is 9.88. The Morgan fingerprint density at radius 2 is 1.75 bits per heavy atom. The summed E-state index contributed by atoms with van der Waals surface area (Å²) in [5, 5.41) is 0. The number of aromatic nitrogens is 1. The molecule has 0 radical (unpaired) electrons. The van der Waals surface area contributed by atoms with Crippen LogP contribution in [0.4, 0.5) is 0 Å². The zero-order chi connectivity index (χ0) is 28.5. The van der Waals surface area contributed by atoms with Crippen molar-refractivity contribution in [3.05, 3.63) is 172 Å². The van der Waals surface area contributed by atoms with Crippen molar-refractivity contribution in [2.45, 2.75) is 47.0 Å². The van der Waals surface area contributed by atoms with Crippen molar-refractivity contribution in [3.63, 3.8) is 0 Å². The van der Waals surface area contributed by atoms with Crippen molar-refractivity contribution in [3.8, 4) is 5.69 Å². The average molecular weight is 526 g/mol. The van der Waals surface area contributed by atoms with Crippen LogP contribution in [0.3, 0.4) is 0 Å². The minimum Gasteiger partial charge on any atom is -0.316 e. The molecular formula is C39H43N. The summed E-state index contributed by atoms with van der Waals surface area (Å²) in [6.07, 6.45) is 22.5. The van der Waals surface area contributed by atoms with Crippen LogP contribution in [-0.4, -0.2) is 4.57 Å². The minimum atomic E-state index is 0. The summed E-state index contributed by atoms with van der Waals surface area (Å²) in [5.74, 6) is 0.349. The fraction of sp³-hybridized carbons (Fsp3) is 0.205. The van der Waals surface area contributed by atoms with Crippen LogP contribution in [-0.2, 0) is 12.8 Å². The molecule has 40 heavy (non-hydrogen) atoms. The first-order valence-corrected chi connectivity index (χ1v) is 14.2. The summed E-state index contributed by atoms with van der Waals surface area (Å²) in [6.45, 7) is 16.5. The van der Waals surface area contributed by atoms with Gasteiger partial charge in [-0.15, -0.1) is 5.73 Å². The molecule has 0 fully saturated rings. The lowest BCUT2D eigenvalue weighted by molar-refractivity contribution is 0.877. The van der Waals surface area contributed by atoms with Gasteiger partial charge in [0.05, 0.1) is 5.69 Å². The van der Waals surface area contributed by atoms with Gasteiger partial charge in [-0.05, 0) is 85.6 Å². The lowest BCUT2D eigenvalue weighted by Crippen LogP contribution is -2.02. The maximum Gasteiger partial charge on any atom is 0.0513 e. The highest BCUT2D eigenvalue weighted by molar-refractivity contribution is 5.59. The smallest absolute Gasteiger partial charge is 0.0513 e. The van der Waals surface area contributed by atoms with E-state index in [0.29, 0.717) is 5.92 Å². The summed E-state index contributed by atoms with van der Waals surface area (Å²) < 4.78 is 2.34. The van der Waals surface area contributed by atoms with Gasteiger partial charge in [0.15, 0.2) is 0 Å². The maximum absolute atomic E-state index is 3.88. The van der Waals surface area contributed by atoms with Crippen molar-refractivity contribution in [1.29, 1.82) is 0 Å². The van der Waals surface area contributed by atoms with Gasteiger partial charge in [-0.1, -0.05) is 117 Å². The van der Waals surface area contributed by atoms with E-state index in [0.717, 1.165) is 24.8 Å². The zero-order valence-corrected chi connectivity index (χ0v) is 24.5. The number of nitrogens with zero attached hydrogens (tertiary/aromatic N) is 1. The van der Waals surface area contributed by atoms with E-state index in [4.69, 9.17) is 0 Å². The minimum absolute atomic E-state index is 0. The van der Waals surface area contributed by atoms with Crippen molar-refractivity contribution in [2.24, 2.45) is 5.92 Å². The zero-order valence-electron chi connectivity index (χ0n) is 24.5. The Kier molecular flexibility index (Phi) is 9.79. The van der Waals surface area contributed by atoms with E-state index in [-0.39, 0.29) is 1.43 Å². The summed E-state index contributed by atoms with van der Waals surface area (Å²) >= 11 is 0. The molecule has 0 saturated heterocycles. The van der Waals surface area contributed by atoms with Crippen molar-refractivity contribution in [1.82, 2.24) is 4.57 Å². The third kappa shape index (κ3) is 6.81. The van der Waals surface area contributed by atoms with Gasteiger partial charge in [0.2, 0.25) is 0 Å². The number of para-hydroxylation sites is 1. The van der Waals surface area contributed by atoms with Gasteiger partial charge < -0.3 is 4.57 Å². The van der Waals surface area contributed by atoms with Crippen LogP contribution in [0, 0.1) is 19.8 Å².